The largest absolute Gasteiger partial charge is 0.293 e. The van der Waals surface area contributed by atoms with Gasteiger partial charge in [-0.15, -0.1) is 21.5 Å². The Morgan fingerprint density at radius 1 is 1.16 bits per heavy atom. The van der Waals surface area contributed by atoms with Gasteiger partial charge in [0.2, 0.25) is 0 Å². The fourth-order valence-corrected chi connectivity index (χ4v) is 5.72. The summed E-state index contributed by atoms with van der Waals surface area (Å²) in [5.41, 5.74) is 3.24. The molecule has 1 saturated heterocycles. The minimum atomic E-state index is -0.0220. The molecule has 4 aromatic rings. The van der Waals surface area contributed by atoms with Crippen molar-refractivity contribution in [2.45, 2.75) is 19.3 Å². The highest BCUT2D eigenvalue weighted by atomic mass is 32.2. The Balaban J connectivity index is 1.25. The van der Waals surface area contributed by atoms with Crippen molar-refractivity contribution in [1.82, 2.24) is 30.5 Å². The minimum Gasteiger partial charge on any atom is -0.293 e. The van der Waals surface area contributed by atoms with Crippen LogP contribution in [0.3, 0.4) is 0 Å². The van der Waals surface area contributed by atoms with Crippen LogP contribution in [-0.4, -0.2) is 47.3 Å². The van der Waals surface area contributed by atoms with Crippen molar-refractivity contribution in [2.24, 2.45) is 0 Å². The van der Waals surface area contributed by atoms with Crippen LogP contribution in [0.4, 0.5) is 0 Å². The van der Waals surface area contributed by atoms with Gasteiger partial charge in [-0.2, -0.15) is 5.21 Å². The lowest BCUT2D eigenvalue weighted by Gasteiger charge is -2.13. The van der Waals surface area contributed by atoms with Gasteiger partial charge in [0.25, 0.3) is 5.91 Å². The van der Waals surface area contributed by atoms with E-state index in [-0.39, 0.29) is 5.91 Å². The fourth-order valence-electron chi connectivity index (χ4n) is 3.50. The van der Waals surface area contributed by atoms with Gasteiger partial charge in [-0.25, -0.2) is 0 Å². The van der Waals surface area contributed by atoms with Crippen LogP contribution in [0.5, 0.6) is 0 Å². The first-order valence-electron chi connectivity index (χ1n) is 10.1. The standard InChI is InChI=1S/C22H18N6OS3/c29-21-19(32-22(30)28(21)9-2-1-5-20-24-26-27-25-20)12-17-11-16(13-31-17)14-6-7-18-15(10-14)4-3-8-23-18/h3-4,6-8,10-13H,1-2,5,9H2,(H,24,25,26,27)/b19-12-. The molecule has 0 saturated carbocycles. The Labute approximate surface area is 197 Å². The number of hydrogen-bond donors (Lipinski definition) is 1. The molecule has 3 aromatic heterocycles. The highest BCUT2D eigenvalue weighted by Crippen LogP contribution is 2.35. The highest BCUT2D eigenvalue weighted by Gasteiger charge is 2.31. The molecule has 10 heteroatoms. The molecule has 5 rings (SSSR count). The number of benzene rings is 1. The summed E-state index contributed by atoms with van der Waals surface area (Å²) in [5, 5.41) is 17.1. The molecule has 1 aliphatic heterocycles. The van der Waals surface area contributed by atoms with E-state index in [4.69, 9.17) is 12.2 Å². The number of H-pyrrole nitrogens is 1. The number of nitrogens with zero attached hydrogens (tertiary/aromatic N) is 5. The van der Waals surface area contributed by atoms with Crippen LogP contribution in [0.25, 0.3) is 28.1 Å². The third-order valence-corrected chi connectivity index (χ3v) is 7.38. The predicted molar refractivity (Wildman–Crippen MR) is 132 cm³/mol. The molecule has 160 valence electrons. The van der Waals surface area contributed by atoms with E-state index in [0.717, 1.165) is 46.2 Å². The molecule has 32 heavy (non-hydrogen) atoms. The molecule has 0 aliphatic carbocycles. The lowest BCUT2D eigenvalue weighted by molar-refractivity contribution is -0.122. The number of aryl methyl sites for hydroxylation is 1. The molecular formula is C22H18N6OS3. The van der Waals surface area contributed by atoms with Crippen LogP contribution in [0.1, 0.15) is 23.5 Å². The van der Waals surface area contributed by atoms with Crippen LogP contribution in [-0.2, 0) is 11.2 Å². The quantitative estimate of drug-likeness (QED) is 0.234. The van der Waals surface area contributed by atoms with Crippen LogP contribution >= 0.6 is 35.3 Å². The molecule has 0 unspecified atom stereocenters. The lowest BCUT2D eigenvalue weighted by Crippen LogP contribution is -2.29. The van der Waals surface area contributed by atoms with E-state index in [1.807, 2.05) is 18.2 Å². The normalized spacial score (nSPS) is 15.4. The molecule has 0 bridgehead atoms. The van der Waals surface area contributed by atoms with Crippen molar-refractivity contribution in [2.75, 3.05) is 6.54 Å². The highest BCUT2D eigenvalue weighted by molar-refractivity contribution is 8.26. The average molecular weight is 479 g/mol. The van der Waals surface area contributed by atoms with Crippen LogP contribution < -0.4 is 0 Å². The molecule has 1 amide bonds. The summed E-state index contributed by atoms with van der Waals surface area (Å²) in [6.45, 7) is 0.598. The number of aromatic nitrogens is 5. The maximum absolute atomic E-state index is 12.9. The first-order valence-corrected chi connectivity index (χ1v) is 12.2. The van der Waals surface area contributed by atoms with E-state index in [0.29, 0.717) is 21.6 Å². The van der Waals surface area contributed by atoms with Crippen LogP contribution in [0, 0.1) is 0 Å². The van der Waals surface area contributed by atoms with Gasteiger partial charge in [-0.1, -0.05) is 41.3 Å². The molecule has 1 aromatic carbocycles. The van der Waals surface area contributed by atoms with Gasteiger partial charge in [-0.3, -0.25) is 14.7 Å². The van der Waals surface area contributed by atoms with Gasteiger partial charge >= 0.3 is 0 Å². The number of aromatic amines is 1. The Bertz CT molecular complexity index is 1310. The number of rotatable bonds is 7. The molecule has 7 nitrogen and oxygen atoms in total. The Morgan fingerprint density at radius 2 is 2.09 bits per heavy atom. The van der Waals surface area contributed by atoms with E-state index < -0.39 is 0 Å². The number of carbonyl (C=O) groups is 1. The maximum Gasteiger partial charge on any atom is 0.266 e. The monoisotopic (exact) mass is 478 g/mol. The van der Waals surface area contributed by atoms with Gasteiger partial charge in [0.05, 0.1) is 10.4 Å². The van der Waals surface area contributed by atoms with E-state index >= 15 is 0 Å². The average Bonchev–Trinajstić information content (AvgIpc) is 3.54. The molecule has 1 fully saturated rings. The second-order valence-electron chi connectivity index (χ2n) is 7.27. The number of thiocarbonyl (C=S) groups is 1. The Kier molecular flexibility index (Phi) is 6.06. The van der Waals surface area contributed by atoms with E-state index in [2.05, 4.69) is 55.3 Å². The summed E-state index contributed by atoms with van der Waals surface area (Å²) in [6.07, 6.45) is 6.16. The SMILES string of the molecule is O=C1/C(=C/c2cc(-c3ccc4ncccc4c3)cs2)SC(=S)N1CCCCc1nn[nH]n1. The molecule has 1 aliphatic rings. The van der Waals surface area contributed by atoms with Gasteiger partial charge < -0.3 is 0 Å². The molecule has 1 N–H and O–H groups in total. The number of amides is 1. The van der Waals surface area contributed by atoms with Gasteiger partial charge in [0.1, 0.15) is 4.32 Å². The third kappa shape index (κ3) is 4.47. The summed E-state index contributed by atoms with van der Waals surface area (Å²) in [7, 11) is 0. The second kappa shape index (κ2) is 9.27. The van der Waals surface area contributed by atoms with Gasteiger partial charge in [0, 0.05) is 29.4 Å². The van der Waals surface area contributed by atoms with Crippen molar-refractivity contribution in [3.05, 3.63) is 63.6 Å². The third-order valence-electron chi connectivity index (χ3n) is 5.12. The number of hydrogen-bond acceptors (Lipinski definition) is 8. The molecule has 0 atom stereocenters. The Morgan fingerprint density at radius 3 is 2.97 bits per heavy atom. The molecule has 0 radical (unpaired) electrons. The smallest absolute Gasteiger partial charge is 0.266 e. The van der Waals surface area contributed by atoms with Gasteiger partial charge in [-0.05, 0) is 59.7 Å². The summed E-state index contributed by atoms with van der Waals surface area (Å²) in [6, 6.07) is 12.4. The van der Waals surface area contributed by atoms with Crippen LogP contribution in [0.2, 0.25) is 0 Å². The summed E-state index contributed by atoms with van der Waals surface area (Å²) < 4.78 is 0.611. The van der Waals surface area contributed by atoms with Crippen molar-refractivity contribution in [3.63, 3.8) is 0 Å². The van der Waals surface area contributed by atoms with E-state index in [9.17, 15) is 4.79 Å². The molecule has 0 spiro atoms. The van der Waals surface area contributed by atoms with E-state index in [1.54, 1.807) is 22.4 Å². The zero-order valence-electron chi connectivity index (χ0n) is 16.9. The zero-order chi connectivity index (χ0) is 21.9. The predicted octanol–water partition coefficient (Wildman–Crippen LogP) is 4.70. The molecular weight excluding hydrogens is 460 g/mol. The summed E-state index contributed by atoms with van der Waals surface area (Å²) >= 11 is 8.44. The van der Waals surface area contributed by atoms with Crippen molar-refractivity contribution < 1.29 is 4.79 Å². The summed E-state index contributed by atoms with van der Waals surface area (Å²) in [4.78, 5) is 20.6. The number of thiophene rings is 1. The van der Waals surface area contributed by atoms with Crippen molar-refractivity contribution in [3.8, 4) is 11.1 Å². The number of nitrogens with one attached hydrogen (secondary N) is 1. The molecule has 4 heterocycles. The minimum absolute atomic E-state index is 0.0220. The van der Waals surface area contributed by atoms with Crippen molar-refractivity contribution in [1.29, 1.82) is 0 Å². The number of pyridine rings is 1. The number of tetrazole rings is 1. The number of unbranched alkanes of at least 4 members (excludes halogenated alkanes) is 1. The maximum atomic E-state index is 12.9. The Hall–Kier alpha value is -2.95. The van der Waals surface area contributed by atoms with E-state index in [1.165, 1.54) is 11.8 Å². The zero-order valence-corrected chi connectivity index (χ0v) is 19.3. The van der Waals surface area contributed by atoms with Crippen molar-refractivity contribution >= 4 is 62.5 Å². The lowest BCUT2D eigenvalue weighted by atomic mass is 10.1. The number of thioether (sulfide) groups is 1. The first-order chi connectivity index (χ1) is 15.7. The first kappa shape index (κ1) is 20.9. The number of carbonyl (C=O) groups excluding carboxylic acids is 1. The van der Waals surface area contributed by atoms with Gasteiger partial charge in [0.15, 0.2) is 5.82 Å². The number of fused-ring (bicyclic) bond motifs is 1. The fraction of sp³-hybridized carbons (Fsp3) is 0.182. The summed E-state index contributed by atoms with van der Waals surface area (Å²) in [5.74, 6) is 0.665. The second-order valence-corrected chi connectivity index (χ2v) is 9.89. The topological polar surface area (TPSA) is 87.7 Å². The van der Waals surface area contributed by atoms with Crippen LogP contribution in [0.15, 0.2) is 52.9 Å².